The van der Waals surface area contributed by atoms with Crippen molar-refractivity contribution in [3.8, 4) is 0 Å². The average molecular weight is 333 g/mol. The molecule has 0 bridgehead atoms. The topological polar surface area (TPSA) is 32.3 Å². The zero-order chi connectivity index (χ0) is 15.4. The molecule has 4 heteroatoms. The lowest BCUT2D eigenvalue weighted by atomic mass is 10.0. The minimum Gasteiger partial charge on any atom is -0.345 e. The lowest BCUT2D eigenvalue weighted by Gasteiger charge is -2.20. The maximum absolute atomic E-state index is 12.3. The van der Waals surface area contributed by atoms with E-state index in [-0.39, 0.29) is 18.3 Å². The molecule has 1 saturated heterocycles. The van der Waals surface area contributed by atoms with Gasteiger partial charge in [-0.2, -0.15) is 0 Å². The zero-order valence-electron chi connectivity index (χ0n) is 13.6. The highest BCUT2D eigenvalue weighted by atomic mass is 35.5. The van der Waals surface area contributed by atoms with E-state index < -0.39 is 0 Å². The van der Waals surface area contributed by atoms with Gasteiger partial charge in [0, 0.05) is 26.1 Å². The second-order valence-corrected chi connectivity index (χ2v) is 6.20. The first-order valence-electron chi connectivity index (χ1n) is 8.18. The Hall–Kier alpha value is -1.58. The van der Waals surface area contributed by atoms with Crippen LogP contribution < -0.4 is 5.32 Å². The quantitative estimate of drug-likeness (QED) is 0.910. The lowest BCUT2D eigenvalue weighted by Crippen LogP contribution is -2.34. The summed E-state index contributed by atoms with van der Waals surface area (Å²) < 4.78 is 0. The van der Waals surface area contributed by atoms with Crippen LogP contribution in [0.25, 0.3) is 10.8 Å². The van der Waals surface area contributed by atoms with Crippen molar-refractivity contribution in [2.24, 2.45) is 0 Å². The van der Waals surface area contributed by atoms with Gasteiger partial charge in [0.25, 0.3) is 0 Å². The molecule has 0 saturated carbocycles. The van der Waals surface area contributed by atoms with Crippen LogP contribution in [0.5, 0.6) is 0 Å². The van der Waals surface area contributed by atoms with Crippen molar-refractivity contribution >= 4 is 29.1 Å². The van der Waals surface area contributed by atoms with E-state index >= 15 is 0 Å². The van der Waals surface area contributed by atoms with Crippen LogP contribution >= 0.6 is 12.4 Å². The standard InChI is InChI=1S/C19H24N2O.ClH/c1-21(19(22)14-17-9-5-12-20-17)13-11-16-8-4-7-15-6-2-3-10-18(15)16;/h2-4,6-8,10,17,20H,5,9,11-14H2,1H3;1H. The fourth-order valence-corrected chi connectivity index (χ4v) is 3.22. The first kappa shape index (κ1) is 17.8. The lowest BCUT2D eigenvalue weighted by molar-refractivity contribution is -0.130. The third-order valence-corrected chi connectivity index (χ3v) is 4.61. The van der Waals surface area contributed by atoms with E-state index in [9.17, 15) is 4.79 Å². The fraction of sp³-hybridized carbons (Fsp3) is 0.421. The van der Waals surface area contributed by atoms with Gasteiger partial charge in [0.15, 0.2) is 0 Å². The van der Waals surface area contributed by atoms with Gasteiger partial charge in [0.05, 0.1) is 0 Å². The summed E-state index contributed by atoms with van der Waals surface area (Å²) in [6.07, 6.45) is 3.86. The smallest absolute Gasteiger partial charge is 0.223 e. The molecule has 1 amide bonds. The molecule has 0 radical (unpaired) electrons. The Labute approximate surface area is 144 Å². The van der Waals surface area contributed by atoms with Crippen LogP contribution in [-0.2, 0) is 11.2 Å². The van der Waals surface area contributed by atoms with Gasteiger partial charge in [0.1, 0.15) is 0 Å². The number of hydrogen-bond acceptors (Lipinski definition) is 2. The molecule has 1 fully saturated rings. The number of nitrogens with zero attached hydrogens (tertiary/aromatic N) is 1. The summed E-state index contributed by atoms with van der Waals surface area (Å²) in [4.78, 5) is 14.1. The summed E-state index contributed by atoms with van der Waals surface area (Å²) in [6.45, 7) is 1.83. The summed E-state index contributed by atoms with van der Waals surface area (Å²) in [5.41, 5.74) is 1.32. The van der Waals surface area contributed by atoms with Crippen molar-refractivity contribution in [2.75, 3.05) is 20.1 Å². The van der Waals surface area contributed by atoms with Gasteiger partial charge in [-0.3, -0.25) is 4.79 Å². The van der Waals surface area contributed by atoms with E-state index in [1.165, 1.54) is 22.8 Å². The molecule has 0 spiro atoms. The number of fused-ring (bicyclic) bond motifs is 1. The van der Waals surface area contributed by atoms with Crippen molar-refractivity contribution < 1.29 is 4.79 Å². The molecule has 0 aromatic heterocycles. The predicted molar refractivity (Wildman–Crippen MR) is 98.2 cm³/mol. The molecule has 3 rings (SSSR count). The van der Waals surface area contributed by atoms with Gasteiger partial charge in [-0.25, -0.2) is 0 Å². The van der Waals surface area contributed by atoms with Crippen LogP contribution in [0, 0.1) is 0 Å². The molecular formula is C19H25ClN2O. The highest BCUT2D eigenvalue weighted by Gasteiger charge is 2.19. The van der Waals surface area contributed by atoms with Gasteiger partial charge in [-0.1, -0.05) is 42.5 Å². The Kier molecular flexibility index (Phi) is 6.43. The number of likely N-dealkylation sites (N-methyl/N-ethyl adjacent to an activating group) is 1. The summed E-state index contributed by atoms with van der Waals surface area (Å²) in [6, 6.07) is 15.2. The Morgan fingerprint density at radius 3 is 2.78 bits per heavy atom. The second-order valence-electron chi connectivity index (χ2n) is 6.20. The van der Waals surface area contributed by atoms with E-state index in [1.54, 1.807) is 0 Å². The number of benzene rings is 2. The molecule has 1 unspecified atom stereocenters. The monoisotopic (exact) mass is 332 g/mol. The number of hydrogen-bond donors (Lipinski definition) is 1. The maximum Gasteiger partial charge on any atom is 0.223 e. The van der Waals surface area contributed by atoms with Crippen LogP contribution in [0.2, 0.25) is 0 Å². The van der Waals surface area contributed by atoms with Crippen molar-refractivity contribution in [3.05, 3.63) is 48.0 Å². The molecule has 0 aliphatic carbocycles. The van der Waals surface area contributed by atoms with Crippen LogP contribution in [0.15, 0.2) is 42.5 Å². The van der Waals surface area contributed by atoms with E-state index in [1.807, 2.05) is 11.9 Å². The Morgan fingerprint density at radius 1 is 1.22 bits per heavy atom. The van der Waals surface area contributed by atoms with E-state index in [0.717, 1.165) is 25.9 Å². The van der Waals surface area contributed by atoms with Crippen molar-refractivity contribution in [1.82, 2.24) is 10.2 Å². The predicted octanol–water partition coefficient (Wildman–Crippen LogP) is 3.40. The Bertz CT molecular complexity index is 647. The molecule has 3 nitrogen and oxygen atoms in total. The van der Waals surface area contributed by atoms with Crippen molar-refractivity contribution in [2.45, 2.75) is 31.7 Å². The Balaban J connectivity index is 0.00000192. The SMILES string of the molecule is CN(CCc1cccc2ccccc12)C(=O)CC1CCCN1.Cl. The van der Waals surface area contributed by atoms with Gasteiger partial charge < -0.3 is 10.2 Å². The summed E-state index contributed by atoms with van der Waals surface area (Å²) in [5, 5.41) is 5.96. The van der Waals surface area contributed by atoms with Crippen molar-refractivity contribution in [3.63, 3.8) is 0 Å². The summed E-state index contributed by atoms with van der Waals surface area (Å²) in [5.74, 6) is 0.250. The highest BCUT2D eigenvalue weighted by Crippen LogP contribution is 2.19. The Morgan fingerprint density at radius 2 is 2.00 bits per heavy atom. The van der Waals surface area contributed by atoms with Gasteiger partial charge in [0.2, 0.25) is 5.91 Å². The van der Waals surface area contributed by atoms with E-state index in [0.29, 0.717) is 12.5 Å². The fourth-order valence-electron chi connectivity index (χ4n) is 3.22. The minimum absolute atomic E-state index is 0. The van der Waals surface area contributed by atoms with Gasteiger partial charge >= 0.3 is 0 Å². The minimum atomic E-state index is 0. The number of carbonyl (C=O) groups excluding carboxylic acids is 1. The number of rotatable bonds is 5. The third-order valence-electron chi connectivity index (χ3n) is 4.61. The summed E-state index contributed by atoms with van der Waals surface area (Å²) in [7, 11) is 1.92. The summed E-state index contributed by atoms with van der Waals surface area (Å²) >= 11 is 0. The normalized spacial score (nSPS) is 17.0. The average Bonchev–Trinajstić information content (AvgIpc) is 3.05. The maximum atomic E-state index is 12.3. The number of carbonyl (C=O) groups is 1. The third kappa shape index (κ3) is 4.46. The molecule has 2 aromatic carbocycles. The number of halogens is 1. The van der Waals surface area contributed by atoms with Gasteiger partial charge in [-0.05, 0) is 42.1 Å². The molecule has 23 heavy (non-hydrogen) atoms. The van der Waals surface area contributed by atoms with E-state index in [2.05, 4.69) is 47.8 Å². The molecule has 1 atom stereocenters. The van der Waals surface area contributed by atoms with Crippen LogP contribution in [0.3, 0.4) is 0 Å². The molecule has 1 aliphatic rings. The molecule has 1 N–H and O–H groups in total. The highest BCUT2D eigenvalue weighted by molar-refractivity contribution is 5.86. The van der Waals surface area contributed by atoms with Crippen molar-refractivity contribution in [1.29, 1.82) is 0 Å². The van der Waals surface area contributed by atoms with Crippen LogP contribution in [0.1, 0.15) is 24.8 Å². The first-order chi connectivity index (χ1) is 10.7. The molecule has 124 valence electrons. The van der Waals surface area contributed by atoms with E-state index in [4.69, 9.17) is 0 Å². The second kappa shape index (κ2) is 8.32. The number of nitrogens with one attached hydrogen (secondary N) is 1. The molecule has 2 aromatic rings. The molecule has 1 heterocycles. The first-order valence-corrected chi connectivity index (χ1v) is 8.18. The van der Waals surface area contributed by atoms with Crippen LogP contribution in [-0.4, -0.2) is 37.0 Å². The largest absolute Gasteiger partial charge is 0.345 e. The zero-order valence-corrected chi connectivity index (χ0v) is 14.4. The van der Waals surface area contributed by atoms with Gasteiger partial charge in [-0.15, -0.1) is 12.4 Å². The molecule has 1 aliphatic heterocycles. The molecular weight excluding hydrogens is 308 g/mol. The number of amides is 1. The van der Waals surface area contributed by atoms with Crippen LogP contribution in [0.4, 0.5) is 0 Å².